The van der Waals surface area contributed by atoms with Crippen molar-refractivity contribution < 1.29 is 5.11 Å². The number of aryl methyl sites for hydroxylation is 2. The Labute approximate surface area is 159 Å². The Morgan fingerprint density at radius 1 is 0.917 bits per heavy atom. The minimum absolute atomic E-state index is 0.277. The van der Waals surface area contributed by atoms with Crippen molar-refractivity contribution in [2.24, 2.45) is 0 Å². The van der Waals surface area contributed by atoms with Crippen LogP contribution in [0.25, 0.3) is 11.1 Å². The molecule has 130 valence electrons. The van der Waals surface area contributed by atoms with Crippen LogP contribution in [-0.2, 0) is 12.8 Å². The molecule has 24 heavy (non-hydrogen) atoms. The standard InChI is InChI=1S/C19H23Cl3OSi/c1-2-3-5-15-7-9-16(10-8-15)19-12-11-18(23)14-17(19)6-4-13-24(20,21)22/h7-12,14,23H,2-6,13H2,1H3. The third-order valence-corrected chi connectivity index (χ3v) is 6.70. The number of phenols is 1. The van der Waals surface area contributed by atoms with Crippen LogP contribution in [0.5, 0.6) is 5.75 Å². The molecule has 0 unspecified atom stereocenters. The SMILES string of the molecule is CCCCc1ccc(-c2ccc(O)cc2CCC[Si](Cl)(Cl)Cl)cc1. The molecule has 0 aliphatic carbocycles. The summed E-state index contributed by atoms with van der Waals surface area (Å²) < 4.78 is 0. The molecule has 0 amide bonds. The van der Waals surface area contributed by atoms with Gasteiger partial charge in [0.05, 0.1) is 0 Å². The molecule has 2 rings (SSSR count). The number of hydrogen-bond acceptors (Lipinski definition) is 1. The first-order valence-electron chi connectivity index (χ1n) is 8.37. The summed E-state index contributed by atoms with van der Waals surface area (Å²) in [5.41, 5.74) is 4.76. The Hall–Kier alpha value is -0.673. The third kappa shape index (κ3) is 6.32. The molecule has 0 spiro atoms. The summed E-state index contributed by atoms with van der Waals surface area (Å²) in [5.74, 6) is 0.277. The van der Waals surface area contributed by atoms with Crippen molar-refractivity contribution in [2.45, 2.75) is 45.1 Å². The first-order chi connectivity index (χ1) is 11.4. The molecule has 0 saturated carbocycles. The lowest BCUT2D eigenvalue weighted by atomic mass is 9.95. The van der Waals surface area contributed by atoms with Gasteiger partial charge in [0, 0.05) is 0 Å². The van der Waals surface area contributed by atoms with Crippen LogP contribution in [0.4, 0.5) is 0 Å². The lowest BCUT2D eigenvalue weighted by molar-refractivity contribution is 0.474. The van der Waals surface area contributed by atoms with E-state index in [2.05, 4.69) is 31.2 Å². The normalized spacial score (nSPS) is 11.7. The van der Waals surface area contributed by atoms with E-state index in [9.17, 15) is 5.11 Å². The second kappa shape index (κ2) is 9.14. The molecular weight excluding hydrogens is 379 g/mol. The molecule has 0 atom stereocenters. The average molecular weight is 402 g/mol. The molecule has 2 aromatic carbocycles. The first-order valence-corrected chi connectivity index (χ1v) is 13.6. The lowest BCUT2D eigenvalue weighted by Gasteiger charge is -2.13. The van der Waals surface area contributed by atoms with Crippen LogP contribution in [0.15, 0.2) is 42.5 Å². The second-order valence-electron chi connectivity index (χ2n) is 6.11. The predicted octanol–water partition coefficient (Wildman–Crippen LogP) is 6.99. The molecule has 0 aromatic heterocycles. The Kier molecular flexibility index (Phi) is 7.49. The van der Waals surface area contributed by atoms with Gasteiger partial charge in [0.15, 0.2) is 0 Å². The van der Waals surface area contributed by atoms with Crippen LogP contribution in [0.3, 0.4) is 0 Å². The fraction of sp³-hybridized carbons (Fsp3) is 0.368. The molecule has 2 aromatic rings. The first kappa shape index (κ1) is 19.6. The zero-order valence-corrected chi connectivity index (χ0v) is 17.1. The number of hydrogen-bond donors (Lipinski definition) is 1. The van der Waals surface area contributed by atoms with E-state index in [0.29, 0.717) is 6.04 Å². The molecule has 0 radical (unpaired) electrons. The van der Waals surface area contributed by atoms with Gasteiger partial charge in [-0.2, -0.15) is 0 Å². The Balaban J connectivity index is 2.16. The smallest absolute Gasteiger partial charge is 0.341 e. The van der Waals surface area contributed by atoms with E-state index in [0.717, 1.165) is 36.0 Å². The summed E-state index contributed by atoms with van der Waals surface area (Å²) in [7, 11) is 0. The molecule has 1 nitrogen and oxygen atoms in total. The maximum Gasteiger partial charge on any atom is 0.341 e. The van der Waals surface area contributed by atoms with Crippen molar-refractivity contribution >= 4 is 39.2 Å². The van der Waals surface area contributed by atoms with E-state index in [4.69, 9.17) is 33.2 Å². The highest BCUT2D eigenvalue weighted by molar-refractivity contribution is 7.64. The predicted molar refractivity (Wildman–Crippen MR) is 109 cm³/mol. The highest BCUT2D eigenvalue weighted by Crippen LogP contribution is 2.31. The summed E-state index contributed by atoms with van der Waals surface area (Å²) in [6.07, 6.45) is 5.14. The molecule has 0 fully saturated rings. The Bertz CT molecular complexity index is 651. The Morgan fingerprint density at radius 3 is 2.25 bits per heavy atom. The number of unbranched alkanes of at least 4 members (excludes halogenated alkanes) is 1. The summed E-state index contributed by atoms with van der Waals surface area (Å²) in [6, 6.07) is 12.3. The van der Waals surface area contributed by atoms with Crippen molar-refractivity contribution in [3.05, 3.63) is 53.6 Å². The largest absolute Gasteiger partial charge is 0.508 e. The van der Waals surface area contributed by atoms with Gasteiger partial charge >= 0.3 is 6.00 Å². The van der Waals surface area contributed by atoms with Crippen LogP contribution < -0.4 is 0 Å². The molecule has 0 saturated heterocycles. The van der Waals surface area contributed by atoms with Crippen LogP contribution in [-0.4, -0.2) is 11.1 Å². The van der Waals surface area contributed by atoms with Crippen molar-refractivity contribution in [3.8, 4) is 16.9 Å². The zero-order valence-electron chi connectivity index (χ0n) is 13.9. The van der Waals surface area contributed by atoms with Crippen molar-refractivity contribution in [1.29, 1.82) is 0 Å². The van der Waals surface area contributed by atoms with Crippen LogP contribution in [0, 0.1) is 0 Å². The van der Waals surface area contributed by atoms with Gasteiger partial charge in [-0.3, -0.25) is 0 Å². The van der Waals surface area contributed by atoms with Gasteiger partial charge in [0.25, 0.3) is 0 Å². The van der Waals surface area contributed by atoms with Gasteiger partial charge < -0.3 is 5.11 Å². The van der Waals surface area contributed by atoms with E-state index >= 15 is 0 Å². The van der Waals surface area contributed by atoms with E-state index in [1.807, 2.05) is 12.1 Å². The van der Waals surface area contributed by atoms with Gasteiger partial charge in [0.1, 0.15) is 5.75 Å². The van der Waals surface area contributed by atoms with Crippen molar-refractivity contribution in [2.75, 3.05) is 0 Å². The van der Waals surface area contributed by atoms with E-state index in [-0.39, 0.29) is 5.75 Å². The molecule has 0 bridgehead atoms. The summed E-state index contributed by atoms with van der Waals surface area (Å²) >= 11 is 17.9. The van der Waals surface area contributed by atoms with Gasteiger partial charge in [-0.15, -0.1) is 33.2 Å². The third-order valence-electron chi connectivity index (χ3n) is 4.08. The fourth-order valence-corrected chi connectivity index (χ4v) is 4.56. The van der Waals surface area contributed by atoms with Crippen molar-refractivity contribution in [1.82, 2.24) is 0 Å². The number of aromatic hydroxyl groups is 1. The molecular formula is C19H23Cl3OSi. The molecule has 0 heterocycles. The second-order valence-corrected chi connectivity index (χ2v) is 15.4. The molecule has 0 aliphatic heterocycles. The average Bonchev–Trinajstić information content (AvgIpc) is 2.52. The molecule has 1 N–H and O–H groups in total. The van der Waals surface area contributed by atoms with Gasteiger partial charge in [-0.1, -0.05) is 43.7 Å². The van der Waals surface area contributed by atoms with Gasteiger partial charge in [-0.25, -0.2) is 0 Å². The topological polar surface area (TPSA) is 20.2 Å². The molecule has 0 aliphatic rings. The summed E-state index contributed by atoms with van der Waals surface area (Å²) in [4.78, 5) is 0. The zero-order chi connectivity index (χ0) is 17.6. The van der Waals surface area contributed by atoms with Gasteiger partial charge in [-0.05, 0) is 66.1 Å². The maximum atomic E-state index is 9.82. The van der Waals surface area contributed by atoms with E-state index < -0.39 is 6.00 Å². The monoisotopic (exact) mass is 400 g/mol. The van der Waals surface area contributed by atoms with Crippen molar-refractivity contribution in [3.63, 3.8) is 0 Å². The summed E-state index contributed by atoms with van der Waals surface area (Å²) in [6.45, 7) is 2.21. The van der Waals surface area contributed by atoms with E-state index in [1.165, 1.54) is 18.4 Å². The summed E-state index contributed by atoms with van der Waals surface area (Å²) in [5, 5.41) is 9.82. The Morgan fingerprint density at radius 2 is 1.62 bits per heavy atom. The quantitative estimate of drug-likeness (QED) is 0.373. The van der Waals surface area contributed by atoms with Gasteiger partial charge in [0.2, 0.25) is 0 Å². The minimum atomic E-state index is -2.59. The van der Waals surface area contributed by atoms with Crippen LogP contribution in [0.2, 0.25) is 6.04 Å². The van der Waals surface area contributed by atoms with Crippen LogP contribution >= 0.6 is 33.2 Å². The number of rotatable bonds is 8. The van der Waals surface area contributed by atoms with E-state index in [1.54, 1.807) is 6.07 Å². The molecule has 5 heteroatoms. The number of benzene rings is 2. The van der Waals surface area contributed by atoms with Crippen LogP contribution in [0.1, 0.15) is 37.3 Å². The minimum Gasteiger partial charge on any atom is -0.508 e. The fourth-order valence-electron chi connectivity index (χ4n) is 2.78. The number of halogens is 3. The number of phenolic OH excluding ortho intramolecular Hbond substituents is 1. The highest BCUT2D eigenvalue weighted by atomic mass is 35.8. The highest BCUT2D eigenvalue weighted by Gasteiger charge is 2.24. The maximum absolute atomic E-state index is 9.82. The lowest BCUT2D eigenvalue weighted by Crippen LogP contribution is -2.08.